The van der Waals surface area contributed by atoms with E-state index in [0.717, 1.165) is 0 Å². The molecule has 25 heavy (non-hydrogen) atoms. The normalized spacial score (nSPS) is 18.0. The molecule has 1 aliphatic heterocycles. The van der Waals surface area contributed by atoms with Gasteiger partial charge in [-0.2, -0.15) is 0 Å². The molecule has 0 aliphatic carbocycles. The first-order valence-corrected chi connectivity index (χ1v) is 8.49. The molecule has 8 nitrogen and oxygen atoms in total. The lowest BCUT2D eigenvalue weighted by molar-refractivity contribution is -0.138. The monoisotopic (exact) mass is 370 g/mol. The Kier molecular flexibility index (Phi) is 6.69. The number of rotatable bonds is 6. The first-order valence-electron chi connectivity index (χ1n) is 8.11. The van der Waals surface area contributed by atoms with Gasteiger partial charge in [0.1, 0.15) is 5.82 Å². The van der Waals surface area contributed by atoms with Gasteiger partial charge in [-0.1, -0.05) is 25.4 Å². The van der Waals surface area contributed by atoms with Gasteiger partial charge in [-0.05, 0) is 7.05 Å². The number of carboxylic acid groups (broad SMARTS) is 1. The molecule has 0 spiro atoms. The molecule has 0 radical (unpaired) electrons. The van der Waals surface area contributed by atoms with Crippen LogP contribution in [0, 0.1) is 0 Å². The van der Waals surface area contributed by atoms with E-state index in [1.165, 1.54) is 6.20 Å². The third-order valence-corrected chi connectivity index (χ3v) is 4.10. The maximum Gasteiger partial charge on any atom is 0.317 e. The number of aromatic nitrogens is 2. The average Bonchev–Trinajstić information content (AvgIpc) is 2.53. The lowest BCUT2D eigenvalue weighted by Crippen LogP contribution is -2.49. The van der Waals surface area contributed by atoms with Crippen LogP contribution in [-0.4, -0.2) is 82.7 Å². The van der Waals surface area contributed by atoms with Crippen molar-refractivity contribution in [1.29, 1.82) is 0 Å². The Bertz CT molecular complexity index is 641. The lowest BCUT2D eigenvalue weighted by Gasteiger charge is -2.34. The van der Waals surface area contributed by atoms with Gasteiger partial charge >= 0.3 is 5.97 Å². The van der Waals surface area contributed by atoms with Gasteiger partial charge in [0.05, 0.1) is 30.5 Å². The zero-order chi connectivity index (χ0) is 18.6. The Balaban J connectivity index is 2.06. The summed E-state index contributed by atoms with van der Waals surface area (Å²) in [6.45, 7) is 5.42. The van der Waals surface area contributed by atoms with Crippen molar-refractivity contribution in [1.82, 2.24) is 19.8 Å². The summed E-state index contributed by atoms with van der Waals surface area (Å²) < 4.78 is 5.64. The largest absolute Gasteiger partial charge is 0.480 e. The minimum Gasteiger partial charge on any atom is -0.480 e. The van der Waals surface area contributed by atoms with Crippen molar-refractivity contribution >= 4 is 23.5 Å². The highest BCUT2D eigenvalue weighted by atomic mass is 35.5. The highest BCUT2D eigenvalue weighted by Gasteiger charge is 2.28. The molecule has 0 bridgehead atoms. The maximum absolute atomic E-state index is 12.8. The van der Waals surface area contributed by atoms with E-state index in [-0.39, 0.29) is 35.2 Å². The van der Waals surface area contributed by atoms with Crippen LogP contribution in [0.2, 0.25) is 5.02 Å². The molecule has 0 aromatic carbocycles. The highest BCUT2D eigenvalue weighted by Crippen LogP contribution is 2.19. The second kappa shape index (κ2) is 8.55. The Morgan fingerprint density at radius 2 is 2.24 bits per heavy atom. The van der Waals surface area contributed by atoms with Crippen LogP contribution in [0.1, 0.15) is 36.1 Å². The van der Waals surface area contributed by atoms with Crippen molar-refractivity contribution in [3.63, 3.8) is 0 Å². The molecule has 1 atom stereocenters. The summed E-state index contributed by atoms with van der Waals surface area (Å²) in [5.41, 5.74) is 0.194. The van der Waals surface area contributed by atoms with Crippen LogP contribution in [0.25, 0.3) is 0 Å². The van der Waals surface area contributed by atoms with Gasteiger partial charge in [0.25, 0.3) is 5.91 Å². The van der Waals surface area contributed by atoms with E-state index in [0.29, 0.717) is 32.1 Å². The number of morpholine rings is 1. The highest BCUT2D eigenvalue weighted by molar-refractivity contribution is 6.33. The summed E-state index contributed by atoms with van der Waals surface area (Å²) in [7, 11) is 1.70. The summed E-state index contributed by atoms with van der Waals surface area (Å²) in [4.78, 5) is 35.3. The molecule has 2 rings (SSSR count). The number of aliphatic carboxylic acids is 1. The molecule has 1 aromatic rings. The fourth-order valence-electron chi connectivity index (χ4n) is 2.62. The first-order chi connectivity index (χ1) is 11.8. The molecule has 1 saturated heterocycles. The third-order valence-electron chi connectivity index (χ3n) is 3.83. The second-order valence-electron chi connectivity index (χ2n) is 6.41. The fourth-order valence-corrected chi connectivity index (χ4v) is 2.79. The molecular weight excluding hydrogens is 348 g/mol. The van der Waals surface area contributed by atoms with E-state index in [1.54, 1.807) is 16.8 Å². The van der Waals surface area contributed by atoms with Crippen molar-refractivity contribution in [2.45, 2.75) is 25.9 Å². The summed E-state index contributed by atoms with van der Waals surface area (Å²) in [6.07, 6.45) is 1.20. The summed E-state index contributed by atoms with van der Waals surface area (Å²) >= 11 is 6.12. The van der Waals surface area contributed by atoms with Crippen LogP contribution in [0.15, 0.2) is 6.20 Å². The van der Waals surface area contributed by atoms with Crippen molar-refractivity contribution < 1.29 is 19.4 Å². The Labute approximate surface area is 151 Å². The van der Waals surface area contributed by atoms with Gasteiger partial charge in [-0.15, -0.1) is 0 Å². The fraction of sp³-hybridized carbons (Fsp3) is 0.625. The molecule has 2 heterocycles. The number of likely N-dealkylation sites (N-methyl/N-ethyl adjacent to an activating group) is 1. The molecule has 1 aliphatic rings. The van der Waals surface area contributed by atoms with Crippen LogP contribution < -0.4 is 0 Å². The number of amides is 1. The smallest absolute Gasteiger partial charge is 0.317 e. The predicted molar refractivity (Wildman–Crippen MR) is 91.9 cm³/mol. The van der Waals surface area contributed by atoms with Gasteiger partial charge in [0, 0.05) is 25.6 Å². The van der Waals surface area contributed by atoms with Crippen LogP contribution in [0.4, 0.5) is 0 Å². The van der Waals surface area contributed by atoms with Crippen LogP contribution >= 0.6 is 11.6 Å². The van der Waals surface area contributed by atoms with Crippen LogP contribution in [0.3, 0.4) is 0 Å². The number of hydrogen-bond donors (Lipinski definition) is 1. The van der Waals surface area contributed by atoms with E-state index >= 15 is 0 Å². The predicted octanol–water partition coefficient (Wildman–Crippen LogP) is 1.11. The Morgan fingerprint density at radius 3 is 2.88 bits per heavy atom. The molecule has 1 aromatic heterocycles. The summed E-state index contributed by atoms with van der Waals surface area (Å²) in [6, 6.07) is 0. The molecule has 1 unspecified atom stereocenters. The van der Waals surface area contributed by atoms with E-state index in [4.69, 9.17) is 21.4 Å². The lowest BCUT2D eigenvalue weighted by atomic mass is 10.2. The van der Waals surface area contributed by atoms with Gasteiger partial charge in [-0.3, -0.25) is 14.5 Å². The van der Waals surface area contributed by atoms with Crippen LogP contribution in [0.5, 0.6) is 0 Å². The molecule has 1 fully saturated rings. The second-order valence-corrected chi connectivity index (χ2v) is 6.82. The topological polar surface area (TPSA) is 95.9 Å². The zero-order valence-corrected chi connectivity index (χ0v) is 15.4. The number of carbonyl (C=O) groups excluding carboxylic acids is 1. The molecule has 138 valence electrons. The number of ether oxygens (including phenoxy) is 1. The number of carbonyl (C=O) groups is 2. The SMILES string of the molecule is CC(C)c1ncc(Cl)c(C(=O)N2CCOC(CN(C)CC(=O)O)C2)n1. The standard InChI is InChI=1S/C16H23ClN4O4/c1-10(2)15-18-6-12(17)14(19-15)16(24)21-4-5-25-11(8-21)7-20(3)9-13(22)23/h6,10-11H,4-5,7-9H2,1-3H3,(H,22,23). The molecule has 1 amide bonds. The summed E-state index contributed by atoms with van der Waals surface area (Å²) in [5.74, 6) is -0.506. The first kappa shape index (κ1) is 19.6. The molecule has 1 N–H and O–H groups in total. The van der Waals surface area contributed by atoms with Crippen molar-refractivity contribution in [3.05, 3.63) is 22.7 Å². The minimum atomic E-state index is -0.903. The Morgan fingerprint density at radius 1 is 1.52 bits per heavy atom. The van der Waals surface area contributed by atoms with Crippen LogP contribution in [-0.2, 0) is 9.53 Å². The molecular formula is C16H23ClN4O4. The number of halogens is 1. The average molecular weight is 371 g/mol. The van der Waals surface area contributed by atoms with Gasteiger partial charge < -0.3 is 14.7 Å². The van der Waals surface area contributed by atoms with Crippen molar-refractivity contribution in [3.8, 4) is 0 Å². The quantitative estimate of drug-likeness (QED) is 0.801. The maximum atomic E-state index is 12.8. The van der Waals surface area contributed by atoms with Gasteiger partial charge in [-0.25, -0.2) is 9.97 Å². The molecule has 0 saturated carbocycles. The Hall–Kier alpha value is -1.77. The molecule has 9 heteroatoms. The number of carboxylic acids is 1. The number of nitrogens with zero attached hydrogens (tertiary/aromatic N) is 4. The van der Waals surface area contributed by atoms with E-state index in [1.807, 2.05) is 13.8 Å². The van der Waals surface area contributed by atoms with Crippen molar-refractivity contribution in [2.75, 3.05) is 39.8 Å². The summed E-state index contributed by atoms with van der Waals surface area (Å²) in [5, 5.41) is 9.05. The minimum absolute atomic E-state index is 0.0801. The van der Waals surface area contributed by atoms with Gasteiger partial charge in [0.15, 0.2) is 5.69 Å². The van der Waals surface area contributed by atoms with Gasteiger partial charge in [0.2, 0.25) is 0 Å². The van der Waals surface area contributed by atoms with E-state index in [2.05, 4.69) is 9.97 Å². The van der Waals surface area contributed by atoms with E-state index < -0.39 is 5.97 Å². The third kappa shape index (κ3) is 5.35. The number of hydrogen-bond acceptors (Lipinski definition) is 6. The van der Waals surface area contributed by atoms with Crippen molar-refractivity contribution in [2.24, 2.45) is 0 Å². The van der Waals surface area contributed by atoms with E-state index in [9.17, 15) is 9.59 Å². The zero-order valence-electron chi connectivity index (χ0n) is 14.6.